The van der Waals surface area contributed by atoms with Crippen LogP contribution in [0.15, 0.2) is 77.9 Å². The first-order valence-corrected chi connectivity index (χ1v) is 19.7. The number of H-pyrrole nitrogens is 1. The van der Waals surface area contributed by atoms with Crippen LogP contribution in [0, 0.1) is 32.4 Å². The molecule has 8 heterocycles. The second kappa shape index (κ2) is 15.5. The van der Waals surface area contributed by atoms with Gasteiger partial charge in [0.25, 0.3) is 0 Å². The first-order chi connectivity index (χ1) is 29.0. The smallest absolute Gasteiger partial charge is 0.248 e. The van der Waals surface area contributed by atoms with Gasteiger partial charge in [-0.2, -0.15) is 10.2 Å². The summed E-state index contributed by atoms with van der Waals surface area (Å²) in [5, 5.41) is 17.0. The van der Waals surface area contributed by atoms with Crippen LogP contribution in [-0.4, -0.2) is 52.7 Å². The number of nitrogens with zero attached hydrogens (tertiary/aromatic N) is 7. The maximum absolute atomic E-state index is 14.5. The molecule has 2 aromatic carbocycles. The quantitative estimate of drug-likeness (QED) is 0.140. The minimum Gasteiger partial charge on any atom is -0.493 e. The zero-order valence-electron chi connectivity index (χ0n) is 33.8. The minimum atomic E-state index is -0.272. The van der Waals surface area contributed by atoms with Gasteiger partial charge < -0.3 is 25.1 Å². The number of benzene rings is 2. The van der Waals surface area contributed by atoms with E-state index in [0.29, 0.717) is 54.5 Å². The zero-order chi connectivity index (χ0) is 41.7. The summed E-state index contributed by atoms with van der Waals surface area (Å²) >= 11 is 0. The summed E-state index contributed by atoms with van der Waals surface area (Å²) in [6.07, 6.45) is 4.91. The van der Waals surface area contributed by atoms with Crippen LogP contribution in [0.2, 0.25) is 0 Å². The Hall–Kier alpha value is -7.16. The molecule has 3 N–H and O–H groups in total. The summed E-state index contributed by atoms with van der Waals surface area (Å²) in [4.78, 5) is 29.0. The molecule has 10 rings (SSSR count). The van der Waals surface area contributed by atoms with Gasteiger partial charge in [-0.3, -0.25) is 19.1 Å². The number of anilines is 2. The van der Waals surface area contributed by atoms with E-state index in [1.165, 1.54) is 18.2 Å². The van der Waals surface area contributed by atoms with Crippen LogP contribution in [-0.2, 0) is 40.0 Å². The van der Waals surface area contributed by atoms with E-state index in [0.717, 1.165) is 84.9 Å². The molecule has 0 bridgehead atoms. The highest BCUT2D eigenvalue weighted by Gasteiger charge is 2.22. The van der Waals surface area contributed by atoms with Crippen molar-refractivity contribution in [3.63, 3.8) is 0 Å². The van der Waals surface area contributed by atoms with Gasteiger partial charge in [0.2, 0.25) is 5.56 Å². The molecule has 6 aromatic heterocycles. The predicted octanol–water partition coefficient (Wildman–Crippen LogP) is 7.65. The van der Waals surface area contributed by atoms with E-state index in [1.807, 2.05) is 70.0 Å². The molecule has 0 atom stereocenters. The number of rotatable bonds is 8. The first kappa shape index (κ1) is 38.4. The average molecular weight is 809 g/mol. The second-order valence-electron chi connectivity index (χ2n) is 15.0. The molecule has 13 nitrogen and oxygen atoms in total. The summed E-state index contributed by atoms with van der Waals surface area (Å²) in [6, 6.07) is 17.4. The second-order valence-corrected chi connectivity index (χ2v) is 15.0. The molecule has 60 heavy (non-hydrogen) atoms. The summed E-state index contributed by atoms with van der Waals surface area (Å²) in [5.41, 5.74) is 10.6. The lowest BCUT2D eigenvalue weighted by Crippen LogP contribution is -2.09. The number of aromatic amines is 1. The van der Waals surface area contributed by atoms with Gasteiger partial charge in [-0.05, 0) is 75.4 Å². The highest BCUT2D eigenvalue weighted by molar-refractivity contribution is 5.99. The van der Waals surface area contributed by atoms with Crippen molar-refractivity contribution in [2.45, 2.75) is 46.7 Å². The van der Waals surface area contributed by atoms with Crippen LogP contribution >= 0.6 is 0 Å². The molecule has 15 heteroatoms. The third kappa shape index (κ3) is 7.16. The lowest BCUT2D eigenvalue weighted by Gasteiger charge is -2.14. The molecule has 0 saturated heterocycles. The van der Waals surface area contributed by atoms with E-state index in [-0.39, 0.29) is 23.7 Å². The van der Waals surface area contributed by atoms with E-state index < -0.39 is 0 Å². The van der Waals surface area contributed by atoms with Crippen LogP contribution in [0.3, 0.4) is 0 Å². The van der Waals surface area contributed by atoms with Crippen molar-refractivity contribution in [3.05, 3.63) is 134 Å². The highest BCUT2D eigenvalue weighted by Crippen LogP contribution is 2.35. The molecule has 0 radical (unpaired) electrons. The molecule has 8 aromatic rings. The topological polar surface area (TPSA) is 150 Å². The normalized spacial score (nSPS) is 12.8. The van der Waals surface area contributed by atoms with E-state index in [9.17, 15) is 13.6 Å². The van der Waals surface area contributed by atoms with Gasteiger partial charge in [0.05, 0.1) is 47.0 Å². The van der Waals surface area contributed by atoms with Gasteiger partial charge in [-0.1, -0.05) is 0 Å². The lowest BCUT2D eigenvalue weighted by molar-refractivity contribution is 0.356. The van der Waals surface area contributed by atoms with Crippen molar-refractivity contribution in [1.29, 1.82) is 0 Å². The fourth-order valence-electron chi connectivity index (χ4n) is 8.11. The first-order valence-electron chi connectivity index (χ1n) is 19.7. The Bertz CT molecular complexity index is 3030. The average Bonchev–Trinajstić information content (AvgIpc) is 4.04. The molecule has 0 saturated carbocycles. The minimum absolute atomic E-state index is 0.205. The number of ether oxygens (including phenoxy) is 2. The molecule has 0 unspecified atom stereocenters. The van der Waals surface area contributed by atoms with Gasteiger partial charge in [0, 0.05) is 108 Å². The van der Waals surface area contributed by atoms with Crippen molar-refractivity contribution < 1.29 is 18.3 Å². The van der Waals surface area contributed by atoms with Crippen molar-refractivity contribution in [3.8, 4) is 34.0 Å². The molecule has 0 aliphatic carbocycles. The number of hydrogen-bond acceptors (Lipinski definition) is 10. The molecule has 0 fully saturated rings. The van der Waals surface area contributed by atoms with Gasteiger partial charge >= 0.3 is 0 Å². The van der Waals surface area contributed by atoms with Crippen LogP contribution < -0.4 is 25.7 Å². The Kier molecular flexibility index (Phi) is 9.94. The number of pyridine rings is 4. The fourth-order valence-corrected chi connectivity index (χ4v) is 8.11. The monoisotopic (exact) mass is 808 g/mol. The Labute approximate surface area is 343 Å². The fraction of sp³-hybridized carbons (Fsp3) is 0.244. The van der Waals surface area contributed by atoms with Crippen LogP contribution in [0.5, 0.6) is 11.5 Å². The molecular weight excluding hydrogens is 767 g/mol. The van der Waals surface area contributed by atoms with E-state index >= 15 is 0 Å². The molecule has 2 aliphatic heterocycles. The van der Waals surface area contributed by atoms with E-state index in [1.54, 1.807) is 29.1 Å². The van der Waals surface area contributed by atoms with Crippen molar-refractivity contribution >= 4 is 33.4 Å². The lowest BCUT2D eigenvalue weighted by atomic mass is 10.0. The number of hydrogen-bond donors (Lipinski definition) is 3. The molecule has 2 aliphatic rings. The maximum atomic E-state index is 14.5. The Balaban J connectivity index is 0.000000154. The van der Waals surface area contributed by atoms with Gasteiger partial charge in [0.15, 0.2) is 0 Å². The SMILES string of the molecule is Cc1cc(-c2cnc(NCc3c(F)ccc4c3CCO4)c3ccc(=O)[nH]c23)n(C)n1.Cc1ccc2c(NCc3c(F)ccc4c3CCO4)ncc(-c3cc(C)nn3C)c2n1. The molecular formula is C45H42F2N10O3. The van der Waals surface area contributed by atoms with E-state index in [2.05, 4.69) is 35.8 Å². The number of aromatic nitrogens is 8. The molecule has 0 spiro atoms. The van der Waals surface area contributed by atoms with Gasteiger partial charge in [0.1, 0.15) is 34.8 Å². The maximum Gasteiger partial charge on any atom is 0.248 e. The van der Waals surface area contributed by atoms with Crippen LogP contribution in [0.1, 0.15) is 39.3 Å². The Morgan fingerprint density at radius 1 is 0.683 bits per heavy atom. The summed E-state index contributed by atoms with van der Waals surface area (Å²) in [5.74, 6) is 2.25. The van der Waals surface area contributed by atoms with Gasteiger partial charge in [-0.15, -0.1) is 0 Å². The number of halogens is 2. The standard InChI is InChI=1S/C23H22FN5O.C22H20FN5O2/c1-13-4-5-16-22(27-13)18(20-10-14(2)28-29(20)3)12-26-23(16)25-11-17-15-8-9-30-21(15)7-6-19(17)24;1-12-9-18(28(2)27-12)16-11-25-22(14-3-6-20(29)26-21(14)16)24-10-15-13-7-8-30-19(13)5-4-17(15)23/h4-7,10,12H,8-9,11H2,1-3H3,(H,25,26);3-6,9,11H,7-8,10H2,1-2H3,(H,24,25)(H,26,29). The largest absolute Gasteiger partial charge is 0.493 e. The summed E-state index contributed by atoms with van der Waals surface area (Å²) < 4.78 is 43.7. The third-order valence-corrected chi connectivity index (χ3v) is 10.9. The molecule has 0 amide bonds. The number of fused-ring (bicyclic) bond motifs is 4. The Morgan fingerprint density at radius 3 is 1.78 bits per heavy atom. The Morgan fingerprint density at radius 2 is 1.22 bits per heavy atom. The zero-order valence-corrected chi connectivity index (χ0v) is 33.8. The van der Waals surface area contributed by atoms with Crippen molar-refractivity contribution in [2.75, 3.05) is 23.8 Å². The number of aryl methyl sites for hydroxylation is 5. The van der Waals surface area contributed by atoms with Crippen molar-refractivity contribution in [1.82, 2.24) is 39.5 Å². The van der Waals surface area contributed by atoms with Crippen LogP contribution in [0.25, 0.3) is 44.3 Å². The van der Waals surface area contributed by atoms with Crippen LogP contribution in [0.4, 0.5) is 20.4 Å². The van der Waals surface area contributed by atoms with Crippen molar-refractivity contribution in [2.24, 2.45) is 14.1 Å². The van der Waals surface area contributed by atoms with Gasteiger partial charge in [-0.25, -0.2) is 18.7 Å². The third-order valence-electron chi connectivity index (χ3n) is 10.9. The number of nitrogens with one attached hydrogen (secondary N) is 3. The molecule has 304 valence electrons. The highest BCUT2D eigenvalue weighted by atomic mass is 19.1. The summed E-state index contributed by atoms with van der Waals surface area (Å²) in [6.45, 7) is 7.59. The summed E-state index contributed by atoms with van der Waals surface area (Å²) in [7, 11) is 3.76. The predicted molar refractivity (Wildman–Crippen MR) is 226 cm³/mol. The van der Waals surface area contributed by atoms with E-state index in [4.69, 9.17) is 14.5 Å².